The number of nitrogens with two attached hydrogens (primary N) is 2. The van der Waals surface area contributed by atoms with Gasteiger partial charge in [0.1, 0.15) is 5.78 Å². The SMILES string of the molecule is CCC(=O)[C@H](CCCN=C(N)N)N(C)C(C)C. The van der Waals surface area contributed by atoms with Crippen molar-refractivity contribution in [3.8, 4) is 0 Å². The summed E-state index contributed by atoms with van der Waals surface area (Å²) in [6, 6.07) is 0.341. The molecule has 0 aromatic rings. The Morgan fingerprint density at radius 2 is 1.94 bits per heavy atom. The number of Topliss-reactive ketones (excluding diaryl/α,β-unsaturated/α-hetero) is 1. The smallest absolute Gasteiger partial charge is 0.185 e. The summed E-state index contributed by atoms with van der Waals surface area (Å²) < 4.78 is 0. The molecule has 0 heterocycles. The number of carbonyl (C=O) groups excluding carboxylic acids is 1. The third kappa shape index (κ3) is 6.26. The van der Waals surface area contributed by atoms with E-state index in [4.69, 9.17) is 11.5 Å². The van der Waals surface area contributed by atoms with Crippen LogP contribution in [0.5, 0.6) is 0 Å². The number of nitrogens with zero attached hydrogens (tertiary/aromatic N) is 2. The minimum absolute atomic E-state index is 0.0193. The van der Waals surface area contributed by atoms with Gasteiger partial charge in [0, 0.05) is 19.0 Å². The second kappa shape index (κ2) is 8.06. The van der Waals surface area contributed by atoms with Crippen LogP contribution in [0.1, 0.15) is 40.0 Å². The Kier molecular flexibility index (Phi) is 7.54. The van der Waals surface area contributed by atoms with Crippen LogP contribution in [0, 0.1) is 0 Å². The number of rotatable bonds is 8. The van der Waals surface area contributed by atoms with Crippen molar-refractivity contribution < 1.29 is 4.79 Å². The van der Waals surface area contributed by atoms with Crippen LogP contribution in [0.15, 0.2) is 4.99 Å². The second-order valence-corrected chi connectivity index (χ2v) is 4.54. The van der Waals surface area contributed by atoms with E-state index < -0.39 is 0 Å². The molecule has 0 saturated carbocycles. The van der Waals surface area contributed by atoms with Gasteiger partial charge in [-0.1, -0.05) is 6.92 Å². The lowest BCUT2D eigenvalue weighted by Gasteiger charge is -2.30. The fraction of sp³-hybridized carbons (Fsp3) is 0.833. The highest BCUT2D eigenvalue weighted by molar-refractivity contribution is 5.83. The van der Waals surface area contributed by atoms with E-state index in [0.717, 1.165) is 12.8 Å². The monoisotopic (exact) mass is 242 g/mol. The molecule has 0 bridgehead atoms. The number of guanidine groups is 1. The van der Waals surface area contributed by atoms with E-state index in [0.29, 0.717) is 19.0 Å². The number of likely N-dealkylation sites (N-methyl/N-ethyl adjacent to an activating group) is 1. The largest absolute Gasteiger partial charge is 0.370 e. The summed E-state index contributed by atoms with van der Waals surface area (Å²) in [7, 11) is 1.99. The molecule has 5 heteroatoms. The van der Waals surface area contributed by atoms with Crippen LogP contribution in [-0.4, -0.2) is 42.3 Å². The molecule has 0 unspecified atom stereocenters. The Morgan fingerprint density at radius 3 is 2.35 bits per heavy atom. The van der Waals surface area contributed by atoms with E-state index in [1.165, 1.54) is 0 Å². The molecule has 1 atom stereocenters. The van der Waals surface area contributed by atoms with Crippen molar-refractivity contribution in [1.82, 2.24) is 4.90 Å². The Hall–Kier alpha value is -1.10. The van der Waals surface area contributed by atoms with Gasteiger partial charge in [-0.05, 0) is 33.7 Å². The highest BCUT2D eigenvalue weighted by Gasteiger charge is 2.22. The summed E-state index contributed by atoms with van der Waals surface area (Å²) in [4.78, 5) is 17.9. The average Bonchev–Trinajstić information content (AvgIpc) is 2.27. The van der Waals surface area contributed by atoms with Crippen LogP contribution >= 0.6 is 0 Å². The molecule has 0 aliphatic heterocycles. The molecule has 0 amide bonds. The number of carbonyl (C=O) groups is 1. The first-order valence-electron chi connectivity index (χ1n) is 6.20. The maximum absolute atomic E-state index is 11.9. The van der Waals surface area contributed by atoms with E-state index in [1.54, 1.807) is 0 Å². The van der Waals surface area contributed by atoms with Crippen molar-refractivity contribution in [2.24, 2.45) is 16.5 Å². The Labute approximate surface area is 104 Å². The lowest BCUT2D eigenvalue weighted by atomic mass is 10.0. The molecule has 0 saturated heterocycles. The highest BCUT2D eigenvalue weighted by atomic mass is 16.1. The van der Waals surface area contributed by atoms with Crippen molar-refractivity contribution in [3.05, 3.63) is 0 Å². The van der Waals surface area contributed by atoms with Gasteiger partial charge in [-0.15, -0.1) is 0 Å². The lowest BCUT2D eigenvalue weighted by molar-refractivity contribution is -0.124. The van der Waals surface area contributed by atoms with E-state index >= 15 is 0 Å². The molecule has 4 N–H and O–H groups in total. The Bertz CT molecular complexity index is 259. The summed E-state index contributed by atoms with van der Waals surface area (Å²) in [5.74, 6) is 0.395. The molecule has 5 nitrogen and oxygen atoms in total. The third-order valence-corrected chi connectivity index (χ3v) is 2.96. The number of ketones is 1. The first-order valence-corrected chi connectivity index (χ1v) is 6.20. The predicted molar refractivity (Wildman–Crippen MR) is 71.9 cm³/mol. The zero-order valence-corrected chi connectivity index (χ0v) is 11.4. The van der Waals surface area contributed by atoms with Crippen LogP contribution in [0.4, 0.5) is 0 Å². The maximum Gasteiger partial charge on any atom is 0.185 e. The van der Waals surface area contributed by atoms with Crippen molar-refractivity contribution >= 4 is 11.7 Å². The molecule has 0 aromatic carbocycles. The molecule has 0 aliphatic rings. The van der Waals surface area contributed by atoms with Gasteiger partial charge >= 0.3 is 0 Å². The summed E-state index contributed by atoms with van der Waals surface area (Å²) in [5.41, 5.74) is 10.5. The first kappa shape index (κ1) is 15.9. The molecular formula is C12H26N4O. The fourth-order valence-corrected chi connectivity index (χ4v) is 1.68. The van der Waals surface area contributed by atoms with Gasteiger partial charge in [0.15, 0.2) is 5.96 Å². The van der Waals surface area contributed by atoms with Crippen molar-refractivity contribution in [2.45, 2.75) is 52.1 Å². The normalized spacial score (nSPS) is 12.8. The molecule has 0 aliphatic carbocycles. The van der Waals surface area contributed by atoms with Gasteiger partial charge in [-0.2, -0.15) is 0 Å². The molecule has 0 aromatic heterocycles. The number of aliphatic imine (C=N–C) groups is 1. The van der Waals surface area contributed by atoms with E-state index in [2.05, 4.69) is 23.7 Å². The summed E-state index contributed by atoms with van der Waals surface area (Å²) in [5, 5.41) is 0. The third-order valence-electron chi connectivity index (χ3n) is 2.96. The second-order valence-electron chi connectivity index (χ2n) is 4.54. The van der Waals surface area contributed by atoms with Gasteiger partial charge in [0.2, 0.25) is 0 Å². The minimum atomic E-state index is -0.0193. The van der Waals surface area contributed by atoms with E-state index in [9.17, 15) is 4.79 Å². The van der Waals surface area contributed by atoms with Crippen LogP contribution in [0.25, 0.3) is 0 Å². The predicted octanol–water partition coefficient (Wildman–Crippen LogP) is 0.728. The standard InChI is InChI=1S/C12H26N4O/c1-5-11(17)10(16(4)9(2)3)7-6-8-15-12(13)14/h9-10H,5-8H2,1-4H3,(H4,13,14,15)/t10-/m0/s1. The van der Waals surface area contributed by atoms with Gasteiger partial charge in [-0.3, -0.25) is 14.7 Å². The van der Waals surface area contributed by atoms with E-state index in [-0.39, 0.29) is 17.8 Å². The Balaban J connectivity index is 4.30. The van der Waals surface area contributed by atoms with Crippen LogP contribution in [0.2, 0.25) is 0 Å². The summed E-state index contributed by atoms with van der Waals surface area (Å²) in [6.45, 7) is 6.67. The van der Waals surface area contributed by atoms with Crippen molar-refractivity contribution in [2.75, 3.05) is 13.6 Å². The van der Waals surface area contributed by atoms with Gasteiger partial charge < -0.3 is 11.5 Å². The van der Waals surface area contributed by atoms with E-state index in [1.807, 2.05) is 14.0 Å². The zero-order valence-electron chi connectivity index (χ0n) is 11.4. The van der Waals surface area contributed by atoms with Crippen LogP contribution in [-0.2, 0) is 4.79 Å². The fourth-order valence-electron chi connectivity index (χ4n) is 1.68. The molecule has 0 spiro atoms. The molecule has 0 rings (SSSR count). The molecular weight excluding hydrogens is 216 g/mol. The average molecular weight is 242 g/mol. The van der Waals surface area contributed by atoms with Gasteiger partial charge in [-0.25, -0.2) is 0 Å². The Morgan fingerprint density at radius 1 is 1.35 bits per heavy atom. The summed E-state index contributed by atoms with van der Waals surface area (Å²) >= 11 is 0. The quantitative estimate of drug-likeness (QED) is 0.373. The molecule has 100 valence electrons. The molecule has 17 heavy (non-hydrogen) atoms. The van der Waals surface area contributed by atoms with Crippen molar-refractivity contribution in [1.29, 1.82) is 0 Å². The number of hydrogen-bond acceptors (Lipinski definition) is 3. The van der Waals surface area contributed by atoms with Gasteiger partial charge in [0.05, 0.1) is 6.04 Å². The summed E-state index contributed by atoms with van der Waals surface area (Å²) in [6.07, 6.45) is 2.20. The maximum atomic E-state index is 11.9. The first-order chi connectivity index (χ1) is 7.90. The lowest BCUT2D eigenvalue weighted by Crippen LogP contribution is -2.42. The zero-order chi connectivity index (χ0) is 13.4. The topological polar surface area (TPSA) is 84.7 Å². The van der Waals surface area contributed by atoms with Crippen molar-refractivity contribution in [3.63, 3.8) is 0 Å². The molecule has 0 radical (unpaired) electrons. The van der Waals surface area contributed by atoms with Crippen LogP contribution in [0.3, 0.4) is 0 Å². The molecule has 0 fully saturated rings. The highest BCUT2D eigenvalue weighted by Crippen LogP contribution is 2.11. The number of hydrogen-bond donors (Lipinski definition) is 2. The minimum Gasteiger partial charge on any atom is -0.370 e. The van der Waals surface area contributed by atoms with Crippen LogP contribution < -0.4 is 11.5 Å². The van der Waals surface area contributed by atoms with Gasteiger partial charge in [0.25, 0.3) is 0 Å².